The van der Waals surface area contributed by atoms with Crippen molar-refractivity contribution in [3.05, 3.63) is 39.9 Å². The van der Waals surface area contributed by atoms with E-state index in [9.17, 15) is 19.7 Å². The molecule has 0 saturated carbocycles. The Balaban J connectivity index is 0.00000338. The van der Waals surface area contributed by atoms with Gasteiger partial charge in [0.1, 0.15) is 0 Å². The van der Waals surface area contributed by atoms with Crippen LogP contribution >= 0.6 is 12.4 Å². The topological polar surface area (TPSA) is 119 Å². The van der Waals surface area contributed by atoms with Gasteiger partial charge in [0.15, 0.2) is 0 Å². The molecule has 8 nitrogen and oxygen atoms in total. The Kier molecular flexibility index (Phi) is 9.01. The number of rotatable bonds is 7. The number of para-hydroxylation sites is 1. The summed E-state index contributed by atoms with van der Waals surface area (Å²) in [6.45, 7) is 1.29. The maximum Gasteiger partial charge on any atom is 0.273 e. The van der Waals surface area contributed by atoms with Crippen molar-refractivity contribution < 1.29 is 14.5 Å². The highest BCUT2D eigenvalue weighted by Crippen LogP contribution is 2.22. The normalized spacial score (nSPS) is 16.5. The predicted octanol–water partition coefficient (Wildman–Crippen LogP) is 1.41. The Bertz CT molecular complexity index is 641. The number of hydrogen-bond acceptors (Lipinski definition) is 5. The zero-order valence-electron chi connectivity index (χ0n) is 14.6. The van der Waals surface area contributed by atoms with E-state index in [-0.39, 0.29) is 55.3 Å². The number of carbonyl (C=O) groups is 2. The molecule has 2 rings (SSSR count). The average Bonchev–Trinajstić information content (AvgIpc) is 2.60. The number of amides is 2. The fourth-order valence-corrected chi connectivity index (χ4v) is 3.10. The molecule has 1 fully saturated rings. The van der Waals surface area contributed by atoms with Crippen LogP contribution in [-0.2, 0) is 16.0 Å². The largest absolute Gasteiger partial charge is 0.354 e. The monoisotopic (exact) mass is 384 g/mol. The van der Waals surface area contributed by atoms with E-state index in [0.717, 1.165) is 19.3 Å². The SMILES string of the molecule is Cl.NCCC(=O)NCC1CCCCN1C(=O)Cc1ccccc1[N+](=O)[O-]. The van der Waals surface area contributed by atoms with Gasteiger partial charge in [0.2, 0.25) is 11.8 Å². The Morgan fingerprint density at radius 1 is 1.31 bits per heavy atom. The molecule has 2 amide bonds. The standard InChI is InChI=1S/C17H24N4O4.ClH/c18-9-8-16(22)19-12-14-6-3-4-10-20(14)17(23)11-13-5-1-2-7-15(13)21(24)25;/h1-2,5,7,14H,3-4,6,8-12,18H2,(H,19,22);1H. The summed E-state index contributed by atoms with van der Waals surface area (Å²) in [7, 11) is 0. The van der Waals surface area contributed by atoms with Crippen LogP contribution in [-0.4, -0.2) is 47.3 Å². The lowest BCUT2D eigenvalue weighted by Crippen LogP contribution is -2.50. The number of halogens is 1. The number of nitro benzene ring substituents is 1. The van der Waals surface area contributed by atoms with Crippen LogP contribution in [0.2, 0.25) is 0 Å². The van der Waals surface area contributed by atoms with E-state index in [1.54, 1.807) is 23.1 Å². The molecule has 0 aromatic heterocycles. The highest BCUT2D eigenvalue weighted by atomic mass is 35.5. The quantitative estimate of drug-likeness (QED) is 0.544. The van der Waals surface area contributed by atoms with Crippen LogP contribution in [0.3, 0.4) is 0 Å². The Hall–Kier alpha value is -2.19. The van der Waals surface area contributed by atoms with Crippen molar-refractivity contribution in [2.24, 2.45) is 5.73 Å². The summed E-state index contributed by atoms with van der Waals surface area (Å²) in [5.74, 6) is -0.272. The first-order chi connectivity index (χ1) is 12.0. The molecule has 144 valence electrons. The second-order valence-corrected chi connectivity index (χ2v) is 6.14. The molecule has 1 aliphatic heterocycles. The van der Waals surface area contributed by atoms with Gasteiger partial charge in [-0.25, -0.2) is 0 Å². The molecule has 1 aromatic rings. The number of benzene rings is 1. The van der Waals surface area contributed by atoms with Crippen molar-refractivity contribution in [2.75, 3.05) is 19.6 Å². The fraction of sp³-hybridized carbons (Fsp3) is 0.529. The van der Waals surface area contributed by atoms with Crippen molar-refractivity contribution in [3.8, 4) is 0 Å². The molecule has 1 aromatic carbocycles. The fourth-order valence-electron chi connectivity index (χ4n) is 3.10. The molecule has 1 unspecified atom stereocenters. The smallest absolute Gasteiger partial charge is 0.273 e. The minimum atomic E-state index is -0.469. The molecule has 1 saturated heterocycles. The predicted molar refractivity (Wildman–Crippen MR) is 100 cm³/mol. The molecule has 1 aliphatic rings. The molecular weight excluding hydrogens is 360 g/mol. The van der Waals surface area contributed by atoms with Crippen molar-refractivity contribution >= 4 is 29.9 Å². The third kappa shape index (κ3) is 5.96. The van der Waals surface area contributed by atoms with Gasteiger partial charge < -0.3 is 16.0 Å². The molecule has 1 heterocycles. The van der Waals surface area contributed by atoms with Crippen LogP contribution in [0, 0.1) is 10.1 Å². The van der Waals surface area contributed by atoms with E-state index in [0.29, 0.717) is 18.7 Å². The summed E-state index contributed by atoms with van der Waals surface area (Å²) in [6, 6.07) is 6.21. The van der Waals surface area contributed by atoms with Gasteiger partial charge >= 0.3 is 0 Å². The van der Waals surface area contributed by atoms with E-state index >= 15 is 0 Å². The van der Waals surface area contributed by atoms with E-state index in [2.05, 4.69) is 5.32 Å². The number of nitrogens with zero attached hydrogens (tertiary/aromatic N) is 2. The number of likely N-dealkylation sites (tertiary alicyclic amines) is 1. The third-order valence-electron chi connectivity index (χ3n) is 4.38. The lowest BCUT2D eigenvalue weighted by atomic mass is 10.00. The molecule has 1 atom stereocenters. The molecule has 0 aliphatic carbocycles. The first kappa shape index (κ1) is 21.9. The minimum absolute atomic E-state index is 0. The van der Waals surface area contributed by atoms with Crippen molar-refractivity contribution in [1.82, 2.24) is 10.2 Å². The summed E-state index contributed by atoms with van der Waals surface area (Å²) >= 11 is 0. The lowest BCUT2D eigenvalue weighted by molar-refractivity contribution is -0.385. The summed E-state index contributed by atoms with van der Waals surface area (Å²) < 4.78 is 0. The number of nitrogens with one attached hydrogen (secondary N) is 1. The molecule has 0 bridgehead atoms. The van der Waals surface area contributed by atoms with Crippen LogP contribution in [0.4, 0.5) is 5.69 Å². The number of carbonyl (C=O) groups excluding carboxylic acids is 2. The van der Waals surface area contributed by atoms with Crippen molar-refractivity contribution in [3.63, 3.8) is 0 Å². The van der Waals surface area contributed by atoms with Gasteiger partial charge in [-0.15, -0.1) is 12.4 Å². The highest BCUT2D eigenvalue weighted by molar-refractivity contribution is 5.85. The van der Waals surface area contributed by atoms with Gasteiger partial charge in [-0.1, -0.05) is 18.2 Å². The van der Waals surface area contributed by atoms with Gasteiger partial charge in [0.05, 0.1) is 11.3 Å². The molecule has 0 spiro atoms. The maximum atomic E-state index is 12.7. The first-order valence-corrected chi connectivity index (χ1v) is 8.51. The summed E-state index contributed by atoms with van der Waals surface area (Å²) in [5, 5.41) is 13.9. The first-order valence-electron chi connectivity index (χ1n) is 8.51. The van der Waals surface area contributed by atoms with Gasteiger partial charge in [-0.2, -0.15) is 0 Å². The van der Waals surface area contributed by atoms with Crippen LogP contribution in [0.5, 0.6) is 0 Å². The van der Waals surface area contributed by atoms with Gasteiger partial charge in [-0.05, 0) is 19.3 Å². The molecule has 26 heavy (non-hydrogen) atoms. The summed E-state index contributed by atoms with van der Waals surface area (Å²) in [5.41, 5.74) is 5.73. The molecule has 0 radical (unpaired) electrons. The summed E-state index contributed by atoms with van der Waals surface area (Å²) in [4.78, 5) is 36.7. The highest BCUT2D eigenvalue weighted by Gasteiger charge is 2.28. The van der Waals surface area contributed by atoms with Gasteiger partial charge in [0, 0.05) is 43.7 Å². The Labute approximate surface area is 158 Å². The van der Waals surface area contributed by atoms with Crippen LogP contribution in [0.25, 0.3) is 0 Å². The Morgan fingerprint density at radius 3 is 2.73 bits per heavy atom. The lowest BCUT2D eigenvalue weighted by Gasteiger charge is -2.36. The minimum Gasteiger partial charge on any atom is -0.354 e. The Morgan fingerprint density at radius 2 is 2.04 bits per heavy atom. The van der Waals surface area contributed by atoms with Crippen molar-refractivity contribution in [1.29, 1.82) is 0 Å². The molecule has 9 heteroatoms. The van der Waals surface area contributed by atoms with E-state index < -0.39 is 4.92 Å². The number of nitrogens with two attached hydrogens (primary N) is 1. The molecular formula is C17H25ClN4O4. The van der Waals surface area contributed by atoms with E-state index in [1.807, 2.05) is 0 Å². The second-order valence-electron chi connectivity index (χ2n) is 6.14. The zero-order chi connectivity index (χ0) is 18.2. The summed E-state index contributed by atoms with van der Waals surface area (Å²) in [6.07, 6.45) is 2.95. The van der Waals surface area contributed by atoms with Gasteiger partial charge in [-0.3, -0.25) is 19.7 Å². The van der Waals surface area contributed by atoms with Crippen LogP contribution in [0.15, 0.2) is 24.3 Å². The average molecular weight is 385 g/mol. The van der Waals surface area contributed by atoms with E-state index in [4.69, 9.17) is 5.73 Å². The van der Waals surface area contributed by atoms with E-state index in [1.165, 1.54) is 6.07 Å². The number of nitro groups is 1. The van der Waals surface area contributed by atoms with Crippen LogP contribution < -0.4 is 11.1 Å². The number of piperidine rings is 1. The number of hydrogen-bond donors (Lipinski definition) is 2. The van der Waals surface area contributed by atoms with Crippen molar-refractivity contribution in [2.45, 2.75) is 38.1 Å². The van der Waals surface area contributed by atoms with Crippen LogP contribution in [0.1, 0.15) is 31.2 Å². The molecule has 3 N–H and O–H groups in total. The zero-order valence-corrected chi connectivity index (χ0v) is 15.4. The van der Waals surface area contributed by atoms with Gasteiger partial charge in [0.25, 0.3) is 5.69 Å². The maximum absolute atomic E-state index is 12.7. The third-order valence-corrected chi connectivity index (χ3v) is 4.38. The second kappa shape index (κ2) is 10.7.